The first kappa shape index (κ1) is 10.4. The molecule has 0 unspecified atom stereocenters. The normalized spacial score (nSPS) is 9.86. The van der Waals surface area contributed by atoms with Crippen LogP contribution >= 0.6 is 0 Å². The lowest BCUT2D eigenvalue weighted by molar-refractivity contribution is 0.0766. The number of amides is 1. The predicted octanol–water partition coefficient (Wildman–Crippen LogP) is 0.252. The van der Waals surface area contributed by atoms with Crippen molar-refractivity contribution in [3.63, 3.8) is 0 Å². The molecule has 5 heteroatoms. The van der Waals surface area contributed by atoms with Crippen molar-refractivity contribution in [2.24, 2.45) is 0 Å². The summed E-state index contributed by atoms with van der Waals surface area (Å²) in [5, 5.41) is 0. The van der Waals surface area contributed by atoms with Crippen LogP contribution in [0.15, 0.2) is 17.2 Å². The van der Waals surface area contributed by atoms with Crippen molar-refractivity contribution in [1.29, 1.82) is 0 Å². The minimum atomic E-state index is -0.305. The van der Waals surface area contributed by atoms with E-state index in [1.165, 1.54) is 6.20 Å². The molecule has 0 aliphatic carbocycles. The number of nitrogens with one attached hydrogen (secondary N) is 1. The largest absolute Gasteiger partial charge is 0.338 e. The number of hydrogen-bond acceptors (Lipinski definition) is 3. The lowest BCUT2D eigenvalue weighted by atomic mass is 10.3. The lowest BCUT2D eigenvalue weighted by Crippen LogP contribution is -2.31. The molecule has 1 heterocycles. The molecule has 1 amide bonds. The van der Waals surface area contributed by atoms with Gasteiger partial charge in [-0.1, -0.05) is 0 Å². The molecule has 0 saturated heterocycles. The molecule has 1 rings (SSSR count). The second-order valence-corrected chi connectivity index (χ2v) is 2.77. The highest BCUT2D eigenvalue weighted by molar-refractivity contribution is 5.91. The SMILES string of the molecule is CCN(CC)C(=O)c1c[nH]c(=O)cn1. The third-order valence-corrected chi connectivity index (χ3v) is 1.94. The summed E-state index contributed by atoms with van der Waals surface area (Å²) >= 11 is 0. The van der Waals surface area contributed by atoms with Gasteiger partial charge in [-0.25, -0.2) is 4.98 Å². The number of rotatable bonds is 3. The average Bonchev–Trinajstić information content (AvgIpc) is 2.20. The minimum Gasteiger partial charge on any atom is -0.338 e. The van der Waals surface area contributed by atoms with Crippen molar-refractivity contribution in [2.75, 3.05) is 13.1 Å². The Morgan fingerprint density at radius 2 is 2.14 bits per heavy atom. The van der Waals surface area contributed by atoms with E-state index in [2.05, 4.69) is 9.97 Å². The van der Waals surface area contributed by atoms with E-state index in [9.17, 15) is 9.59 Å². The maximum Gasteiger partial charge on any atom is 0.273 e. The zero-order valence-electron chi connectivity index (χ0n) is 8.28. The summed E-state index contributed by atoms with van der Waals surface area (Å²) in [6.45, 7) is 5.06. The third kappa shape index (κ3) is 2.18. The van der Waals surface area contributed by atoms with E-state index >= 15 is 0 Å². The van der Waals surface area contributed by atoms with Crippen molar-refractivity contribution < 1.29 is 4.79 Å². The smallest absolute Gasteiger partial charge is 0.273 e. The van der Waals surface area contributed by atoms with Crippen LogP contribution in [-0.4, -0.2) is 33.9 Å². The topological polar surface area (TPSA) is 66.1 Å². The van der Waals surface area contributed by atoms with Crippen molar-refractivity contribution in [2.45, 2.75) is 13.8 Å². The Labute approximate surface area is 81.8 Å². The zero-order valence-corrected chi connectivity index (χ0v) is 8.28. The highest BCUT2D eigenvalue weighted by Gasteiger charge is 2.13. The second kappa shape index (κ2) is 4.55. The van der Waals surface area contributed by atoms with E-state index < -0.39 is 0 Å². The van der Waals surface area contributed by atoms with Crippen LogP contribution < -0.4 is 5.56 Å². The molecule has 14 heavy (non-hydrogen) atoms. The van der Waals surface area contributed by atoms with Gasteiger partial charge in [-0.15, -0.1) is 0 Å². The van der Waals surface area contributed by atoms with E-state index in [4.69, 9.17) is 0 Å². The lowest BCUT2D eigenvalue weighted by Gasteiger charge is -2.17. The van der Waals surface area contributed by atoms with Crippen molar-refractivity contribution >= 4 is 5.91 Å². The van der Waals surface area contributed by atoms with Gasteiger partial charge < -0.3 is 9.88 Å². The Kier molecular flexibility index (Phi) is 3.39. The number of nitrogens with zero attached hydrogens (tertiary/aromatic N) is 2. The Bertz CT molecular complexity index is 348. The molecule has 5 nitrogen and oxygen atoms in total. The Morgan fingerprint density at radius 3 is 2.57 bits per heavy atom. The molecule has 76 valence electrons. The fourth-order valence-electron chi connectivity index (χ4n) is 1.13. The summed E-state index contributed by atoms with van der Waals surface area (Å²) in [5.74, 6) is -0.161. The van der Waals surface area contributed by atoms with Crippen LogP contribution in [0.3, 0.4) is 0 Å². The predicted molar refractivity (Wildman–Crippen MR) is 52.1 cm³/mol. The minimum absolute atomic E-state index is 0.161. The maximum absolute atomic E-state index is 11.7. The second-order valence-electron chi connectivity index (χ2n) is 2.77. The van der Waals surface area contributed by atoms with E-state index in [0.29, 0.717) is 13.1 Å². The molecule has 0 aliphatic heterocycles. The van der Waals surface area contributed by atoms with Gasteiger partial charge >= 0.3 is 0 Å². The van der Waals surface area contributed by atoms with Crippen molar-refractivity contribution in [3.05, 3.63) is 28.4 Å². The number of carbonyl (C=O) groups excluding carboxylic acids is 1. The molecule has 0 bridgehead atoms. The average molecular weight is 195 g/mol. The first-order valence-corrected chi connectivity index (χ1v) is 4.53. The summed E-state index contributed by atoms with van der Waals surface area (Å²) in [6.07, 6.45) is 2.44. The number of hydrogen-bond donors (Lipinski definition) is 1. The maximum atomic E-state index is 11.7. The monoisotopic (exact) mass is 195 g/mol. The summed E-state index contributed by atoms with van der Waals surface area (Å²) in [7, 11) is 0. The van der Waals surface area contributed by atoms with Crippen LogP contribution in [0.4, 0.5) is 0 Å². The third-order valence-electron chi connectivity index (χ3n) is 1.94. The van der Waals surface area contributed by atoms with Gasteiger partial charge in [0, 0.05) is 19.3 Å². The van der Waals surface area contributed by atoms with Gasteiger partial charge in [-0.3, -0.25) is 9.59 Å². The molecule has 0 aromatic carbocycles. The standard InChI is InChI=1S/C9H13N3O2/c1-3-12(4-2)9(14)7-5-11-8(13)6-10-7/h5-6H,3-4H2,1-2H3,(H,11,13). The molecule has 1 N–H and O–H groups in total. The molecular formula is C9H13N3O2. The van der Waals surface area contributed by atoms with E-state index in [-0.39, 0.29) is 17.2 Å². The molecule has 1 aromatic heterocycles. The fraction of sp³-hybridized carbons (Fsp3) is 0.444. The van der Waals surface area contributed by atoms with Gasteiger partial charge in [0.2, 0.25) is 0 Å². The highest BCUT2D eigenvalue weighted by atomic mass is 16.2. The van der Waals surface area contributed by atoms with Crippen LogP contribution in [0.25, 0.3) is 0 Å². The van der Waals surface area contributed by atoms with Gasteiger partial charge in [0.25, 0.3) is 11.5 Å². The van der Waals surface area contributed by atoms with Gasteiger partial charge in [-0.05, 0) is 13.8 Å². The van der Waals surface area contributed by atoms with Crippen molar-refractivity contribution in [3.8, 4) is 0 Å². The molecule has 0 aliphatic rings. The van der Waals surface area contributed by atoms with Crippen LogP contribution in [0.1, 0.15) is 24.3 Å². The first-order valence-electron chi connectivity index (χ1n) is 4.53. The highest BCUT2D eigenvalue weighted by Crippen LogP contribution is 1.97. The molecule has 0 spiro atoms. The summed E-state index contributed by atoms with van der Waals surface area (Å²) < 4.78 is 0. The Morgan fingerprint density at radius 1 is 1.50 bits per heavy atom. The fourth-order valence-corrected chi connectivity index (χ4v) is 1.13. The number of carbonyl (C=O) groups is 1. The van der Waals surface area contributed by atoms with E-state index in [1.54, 1.807) is 4.90 Å². The quantitative estimate of drug-likeness (QED) is 0.751. The van der Waals surface area contributed by atoms with Crippen LogP contribution in [0.5, 0.6) is 0 Å². The Hall–Kier alpha value is -1.65. The summed E-state index contributed by atoms with van der Waals surface area (Å²) in [4.78, 5) is 30.2. The zero-order chi connectivity index (χ0) is 10.6. The molecule has 0 saturated carbocycles. The molecule has 0 radical (unpaired) electrons. The van der Waals surface area contributed by atoms with Crippen LogP contribution in [-0.2, 0) is 0 Å². The van der Waals surface area contributed by atoms with Crippen LogP contribution in [0.2, 0.25) is 0 Å². The molecule has 0 fully saturated rings. The molecular weight excluding hydrogens is 182 g/mol. The molecule has 0 atom stereocenters. The van der Waals surface area contributed by atoms with Crippen molar-refractivity contribution in [1.82, 2.24) is 14.9 Å². The van der Waals surface area contributed by atoms with E-state index in [0.717, 1.165) is 6.20 Å². The van der Waals surface area contributed by atoms with E-state index in [1.807, 2.05) is 13.8 Å². The number of aromatic amines is 1. The van der Waals surface area contributed by atoms with Gasteiger partial charge in [0.15, 0.2) is 0 Å². The van der Waals surface area contributed by atoms with Gasteiger partial charge in [0.05, 0.1) is 6.20 Å². The van der Waals surface area contributed by atoms with Gasteiger partial charge in [0.1, 0.15) is 5.69 Å². The first-order chi connectivity index (χ1) is 6.69. The number of aromatic nitrogens is 2. The number of H-pyrrole nitrogens is 1. The molecule has 1 aromatic rings. The summed E-state index contributed by atoms with van der Waals surface area (Å²) in [6, 6.07) is 0. The summed E-state index contributed by atoms with van der Waals surface area (Å²) in [5.41, 5.74) is -0.0330. The Balaban J connectivity index is 2.88. The van der Waals surface area contributed by atoms with Gasteiger partial charge in [-0.2, -0.15) is 0 Å². The van der Waals surface area contributed by atoms with Crippen LogP contribution in [0, 0.1) is 0 Å².